The summed E-state index contributed by atoms with van der Waals surface area (Å²) in [5.74, 6) is -3.07. The van der Waals surface area contributed by atoms with Gasteiger partial charge in [0.15, 0.2) is 5.41 Å². The number of anilines is 1. The van der Waals surface area contributed by atoms with Gasteiger partial charge in [0.25, 0.3) is 5.91 Å². The number of carbonyl (C=O) groups excluding carboxylic acids is 4. The van der Waals surface area contributed by atoms with E-state index in [2.05, 4.69) is 4.74 Å². The summed E-state index contributed by atoms with van der Waals surface area (Å²) in [5.41, 5.74) is -0.803. The van der Waals surface area contributed by atoms with Gasteiger partial charge in [0, 0.05) is 12.1 Å². The number of hydrogen-bond donors (Lipinski definition) is 0. The maximum Gasteiger partial charge on any atom is 0.343 e. The fourth-order valence-electron chi connectivity index (χ4n) is 3.31. The minimum atomic E-state index is -1.80. The lowest BCUT2D eigenvalue weighted by atomic mass is 9.81. The zero-order valence-electron chi connectivity index (χ0n) is 15.0. The van der Waals surface area contributed by atoms with Crippen LogP contribution in [-0.4, -0.2) is 45.1 Å². The summed E-state index contributed by atoms with van der Waals surface area (Å²) in [6, 6.07) is 6.79. The van der Waals surface area contributed by atoms with Crippen molar-refractivity contribution in [1.29, 1.82) is 0 Å². The number of nitrogens with zero attached hydrogens (tertiary/aromatic N) is 1. The Morgan fingerprint density at radius 3 is 2.22 bits per heavy atom. The number of rotatable bonds is 3. The highest BCUT2D eigenvalue weighted by atomic mass is 16.5. The maximum absolute atomic E-state index is 12.8. The molecule has 0 spiro atoms. The van der Waals surface area contributed by atoms with Crippen LogP contribution in [0.25, 0.3) is 0 Å². The second-order valence-corrected chi connectivity index (χ2v) is 6.02. The molecule has 140 valence electrons. The maximum atomic E-state index is 12.8. The van der Waals surface area contributed by atoms with Crippen molar-refractivity contribution in [3.05, 3.63) is 53.3 Å². The Morgan fingerprint density at radius 2 is 1.63 bits per heavy atom. The number of para-hydroxylation sites is 1. The number of amides is 1. The molecule has 0 aliphatic carbocycles. The van der Waals surface area contributed by atoms with Crippen molar-refractivity contribution in [2.24, 2.45) is 5.41 Å². The molecule has 8 heteroatoms. The number of methoxy groups -OCH3 is 3. The minimum Gasteiger partial charge on any atom is -0.468 e. The smallest absolute Gasteiger partial charge is 0.343 e. The summed E-state index contributed by atoms with van der Waals surface area (Å²) >= 11 is 0. The van der Waals surface area contributed by atoms with E-state index in [0.29, 0.717) is 11.3 Å². The third-order valence-electron chi connectivity index (χ3n) is 4.58. The molecule has 0 radical (unpaired) electrons. The van der Waals surface area contributed by atoms with Crippen LogP contribution in [0.5, 0.6) is 0 Å². The molecule has 1 amide bonds. The van der Waals surface area contributed by atoms with Crippen LogP contribution in [0.15, 0.2) is 47.7 Å². The van der Waals surface area contributed by atoms with Gasteiger partial charge in [0.05, 0.1) is 27.0 Å². The Kier molecular flexibility index (Phi) is 4.57. The molecule has 27 heavy (non-hydrogen) atoms. The van der Waals surface area contributed by atoms with Gasteiger partial charge in [-0.2, -0.15) is 0 Å². The van der Waals surface area contributed by atoms with Crippen molar-refractivity contribution in [3.8, 4) is 0 Å². The topological polar surface area (TPSA) is 99.2 Å². The van der Waals surface area contributed by atoms with Crippen molar-refractivity contribution >= 4 is 29.5 Å². The second kappa shape index (κ2) is 6.71. The fourth-order valence-corrected chi connectivity index (χ4v) is 3.31. The summed E-state index contributed by atoms with van der Waals surface area (Å²) in [6.45, 7) is 0. The van der Waals surface area contributed by atoms with Gasteiger partial charge >= 0.3 is 17.9 Å². The quantitative estimate of drug-likeness (QED) is 0.337. The molecule has 0 bridgehead atoms. The highest BCUT2D eigenvalue weighted by molar-refractivity contribution is 6.26. The van der Waals surface area contributed by atoms with Crippen molar-refractivity contribution in [1.82, 2.24) is 0 Å². The number of esters is 3. The molecule has 0 unspecified atom stereocenters. The molecule has 0 atom stereocenters. The Hall–Kier alpha value is -3.42. The highest BCUT2D eigenvalue weighted by Gasteiger charge is 2.51. The Morgan fingerprint density at radius 1 is 1.00 bits per heavy atom. The average Bonchev–Trinajstić information content (AvgIpc) is 2.92. The Balaban J connectivity index is 2.30. The van der Waals surface area contributed by atoms with Crippen molar-refractivity contribution in [3.63, 3.8) is 0 Å². The third kappa shape index (κ3) is 2.69. The van der Waals surface area contributed by atoms with E-state index < -0.39 is 29.2 Å². The number of benzene rings is 1. The highest BCUT2D eigenvalue weighted by Crippen LogP contribution is 2.42. The lowest BCUT2D eigenvalue weighted by Crippen LogP contribution is -2.41. The zero-order chi connectivity index (χ0) is 19.8. The molecule has 8 nitrogen and oxygen atoms in total. The van der Waals surface area contributed by atoms with E-state index in [9.17, 15) is 19.2 Å². The first-order valence-electron chi connectivity index (χ1n) is 8.01. The van der Waals surface area contributed by atoms with Crippen LogP contribution in [0.1, 0.15) is 5.56 Å². The van der Waals surface area contributed by atoms with Gasteiger partial charge in [0.2, 0.25) is 0 Å². The molecule has 0 N–H and O–H groups in total. The molecule has 0 saturated carbocycles. The summed E-state index contributed by atoms with van der Waals surface area (Å²) in [4.78, 5) is 51.3. The average molecular weight is 371 g/mol. The Labute approximate surface area is 155 Å². The number of hydrogen-bond acceptors (Lipinski definition) is 7. The third-order valence-corrected chi connectivity index (χ3v) is 4.58. The van der Waals surface area contributed by atoms with Crippen LogP contribution in [-0.2, 0) is 39.8 Å². The predicted molar refractivity (Wildman–Crippen MR) is 92.3 cm³/mol. The van der Waals surface area contributed by atoms with Gasteiger partial charge in [0.1, 0.15) is 5.57 Å². The van der Waals surface area contributed by atoms with Gasteiger partial charge in [-0.15, -0.1) is 0 Å². The van der Waals surface area contributed by atoms with E-state index in [1.165, 1.54) is 17.1 Å². The van der Waals surface area contributed by atoms with Crippen LogP contribution in [0, 0.1) is 5.41 Å². The van der Waals surface area contributed by atoms with Crippen LogP contribution in [0.2, 0.25) is 0 Å². The van der Waals surface area contributed by atoms with E-state index in [1.807, 2.05) is 0 Å². The van der Waals surface area contributed by atoms with Crippen LogP contribution in [0.4, 0.5) is 5.69 Å². The van der Waals surface area contributed by atoms with Gasteiger partial charge in [-0.25, -0.2) is 4.79 Å². The van der Waals surface area contributed by atoms with E-state index in [-0.39, 0.29) is 17.7 Å². The molecule has 3 rings (SSSR count). The largest absolute Gasteiger partial charge is 0.468 e. The first-order valence-corrected chi connectivity index (χ1v) is 8.01. The first kappa shape index (κ1) is 18.4. The molecule has 0 fully saturated rings. The molecule has 2 aliphatic heterocycles. The normalized spacial score (nSPS) is 17.0. The SMILES string of the molecule is COC(=O)C1=CC2=CC(C(=O)OC)(C(=O)OC)Cc3ccccc3N2C1=O. The molecule has 1 aromatic carbocycles. The summed E-state index contributed by atoms with van der Waals surface area (Å²) in [7, 11) is 3.49. The molecule has 1 aromatic rings. The van der Waals surface area contributed by atoms with Gasteiger partial charge in [-0.3, -0.25) is 19.3 Å². The van der Waals surface area contributed by atoms with Crippen molar-refractivity contribution in [2.45, 2.75) is 6.42 Å². The second-order valence-electron chi connectivity index (χ2n) is 6.02. The van der Waals surface area contributed by atoms with E-state index in [1.54, 1.807) is 24.3 Å². The van der Waals surface area contributed by atoms with Crippen LogP contribution < -0.4 is 4.90 Å². The molecule has 0 aromatic heterocycles. The van der Waals surface area contributed by atoms with Gasteiger partial charge < -0.3 is 14.2 Å². The van der Waals surface area contributed by atoms with E-state index in [4.69, 9.17) is 9.47 Å². The lowest BCUT2D eigenvalue weighted by Gasteiger charge is -2.24. The Bertz CT molecular complexity index is 896. The number of carbonyl (C=O) groups is 4. The fraction of sp³-hybridized carbons (Fsp3) is 0.263. The zero-order valence-corrected chi connectivity index (χ0v) is 15.0. The van der Waals surface area contributed by atoms with Crippen LogP contribution >= 0.6 is 0 Å². The first-order chi connectivity index (χ1) is 12.9. The number of fused-ring (bicyclic) bond motifs is 3. The van der Waals surface area contributed by atoms with Crippen molar-refractivity contribution in [2.75, 3.05) is 26.2 Å². The molecule has 0 saturated heterocycles. The van der Waals surface area contributed by atoms with E-state index >= 15 is 0 Å². The van der Waals surface area contributed by atoms with E-state index in [0.717, 1.165) is 21.3 Å². The lowest BCUT2D eigenvalue weighted by molar-refractivity contribution is -0.165. The van der Waals surface area contributed by atoms with Gasteiger partial charge in [-0.1, -0.05) is 18.2 Å². The molecule has 2 heterocycles. The molecule has 2 aliphatic rings. The monoisotopic (exact) mass is 371 g/mol. The standard InChI is InChI=1S/C19H17NO7/c1-25-16(22)13-8-12-10-19(17(23)26-2,18(24)27-3)9-11-6-4-5-7-14(11)20(12)15(13)21/h4-8,10H,9H2,1-3H3. The van der Waals surface area contributed by atoms with Gasteiger partial charge in [-0.05, 0) is 23.8 Å². The van der Waals surface area contributed by atoms with Crippen molar-refractivity contribution < 1.29 is 33.4 Å². The molecular weight excluding hydrogens is 354 g/mol. The minimum absolute atomic E-state index is 0.0583. The number of allylic oxidation sites excluding steroid dienone is 1. The summed E-state index contributed by atoms with van der Waals surface area (Å²) in [5, 5.41) is 0. The summed E-state index contributed by atoms with van der Waals surface area (Å²) in [6.07, 6.45) is 2.53. The number of ether oxygens (including phenoxy) is 3. The molecular formula is C19H17NO7. The van der Waals surface area contributed by atoms with Crippen LogP contribution in [0.3, 0.4) is 0 Å². The summed E-state index contributed by atoms with van der Waals surface area (Å²) < 4.78 is 14.4. The predicted octanol–water partition coefficient (Wildman–Crippen LogP) is 0.905.